The molecule has 5 nitrogen and oxygen atoms in total. The van der Waals surface area contributed by atoms with Crippen LogP contribution in [0.2, 0.25) is 5.02 Å². The zero-order valence-electron chi connectivity index (χ0n) is 14.3. The van der Waals surface area contributed by atoms with Crippen molar-refractivity contribution < 1.29 is 17.9 Å². The smallest absolute Gasteiger partial charge is 0.338 e. The molecule has 0 heterocycles. The van der Waals surface area contributed by atoms with Gasteiger partial charge in [0.05, 0.1) is 10.5 Å². The van der Waals surface area contributed by atoms with Gasteiger partial charge in [0.15, 0.2) is 0 Å². The molecule has 0 aliphatic rings. The van der Waals surface area contributed by atoms with E-state index >= 15 is 0 Å². The van der Waals surface area contributed by atoms with Crippen LogP contribution in [0.4, 0.5) is 0 Å². The molecule has 0 atom stereocenters. The molecule has 0 aliphatic heterocycles. The number of halogens is 1. The Labute approximate surface area is 153 Å². The summed E-state index contributed by atoms with van der Waals surface area (Å²) in [6.45, 7) is 3.57. The molecule has 0 radical (unpaired) electrons. The van der Waals surface area contributed by atoms with E-state index in [1.807, 2.05) is 0 Å². The van der Waals surface area contributed by atoms with Crippen LogP contribution in [-0.2, 0) is 21.4 Å². The second-order valence-corrected chi connectivity index (χ2v) is 8.22. The Bertz CT molecular complexity index is 865. The minimum atomic E-state index is -3.66. The van der Waals surface area contributed by atoms with Gasteiger partial charge in [-0.3, -0.25) is 0 Å². The summed E-state index contributed by atoms with van der Waals surface area (Å²) < 4.78 is 31.5. The lowest BCUT2D eigenvalue weighted by Gasteiger charge is -2.21. The van der Waals surface area contributed by atoms with Crippen molar-refractivity contribution in [3.63, 3.8) is 0 Å². The van der Waals surface area contributed by atoms with E-state index in [-0.39, 0.29) is 23.1 Å². The largest absolute Gasteiger partial charge is 0.457 e. The number of nitrogens with zero attached hydrogens (tertiary/aromatic N) is 1. The number of ether oxygens (including phenoxy) is 1. The second kappa shape index (κ2) is 7.99. The van der Waals surface area contributed by atoms with E-state index in [0.717, 1.165) is 0 Å². The molecule has 0 amide bonds. The summed E-state index contributed by atoms with van der Waals surface area (Å²) in [6, 6.07) is 12.7. The molecule has 2 aromatic rings. The van der Waals surface area contributed by atoms with E-state index in [4.69, 9.17) is 16.3 Å². The van der Waals surface area contributed by atoms with Crippen LogP contribution in [0.25, 0.3) is 0 Å². The Morgan fingerprint density at radius 3 is 2.48 bits per heavy atom. The van der Waals surface area contributed by atoms with Gasteiger partial charge in [-0.2, -0.15) is 4.31 Å². The van der Waals surface area contributed by atoms with Crippen molar-refractivity contribution in [2.24, 2.45) is 0 Å². The van der Waals surface area contributed by atoms with E-state index in [2.05, 4.69) is 0 Å². The number of esters is 1. The summed E-state index contributed by atoms with van der Waals surface area (Å²) in [5.41, 5.74) is 0.853. The van der Waals surface area contributed by atoms with Gasteiger partial charge in [-0.15, -0.1) is 0 Å². The molecule has 0 N–H and O–H groups in total. The van der Waals surface area contributed by atoms with Crippen molar-refractivity contribution in [2.75, 3.05) is 7.05 Å². The summed E-state index contributed by atoms with van der Waals surface area (Å²) in [5.74, 6) is -0.607. The van der Waals surface area contributed by atoms with Crippen molar-refractivity contribution in [3.8, 4) is 0 Å². The van der Waals surface area contributed by atoms with Crippen molar-refractivity contribution in [1.82, 2.24) is 4.31 Å². The quantitative estimate of drug-likeness (QED) is 0.715. The predicted molar refractivity (Wildman–Crippen MR) is 97.1 cm³/mol. The van der Waals surface area contributed by atoms with E-state index in [0.29, 0.717) is 10.6 Å². The number of hydrogen-bond acceptors (Lipinski definition) is 4. The Balaban J connectivity index is 2.18. The van der Waals surface area contributed by atoms with Crippen molar-refractivity contribution in [1.29, 1.82) is 0 Å². The van der Waals surface area contributed by atoms with Crippen LogP contribution in [0.5, 0.6) is 0 Å². The van der Waals surface area contributed by atoms with E-state index in [1.165, 1.54) is 35.6 Å². The lowest BCUT2D eigenvalue weighted by Crippen LogP contribution is -2.33. The topological polar surface area (TPSA) is 63.7 Å². The van der Waals surface area contributed by atoms with Crippen molar-refractivity contribution >= 4 is 27.6 Å². The minimum Gasteiger partial charge on any atom is -0.457 e. The average molecular weight is 382 g/mol. The molecular formula is C18H20ClNO4S. The number of sulfonamides is 1. The number of carbonyl (C=O) groups excluding carboxylic acids is 1. The highest BCUT2D eigenvalue weighted by Gasteiger charge is 2.24. The molecule has 7 heteroatoms. The van der Waals surface area contributed by atoms with Crippen molar-refractivity contribution in [2.45, 2.75) is 31.4 Å². The third-order valence-corrected chi connectivity index (χ3v) is 6.19. The Morgan fingerprint density at radius 1 is 1.16 bits per heavy atom. The molecule has 2 rings (SSSR count). The SMILES string of the molecule is CC(C)N(C)S(=O)(=O)c1cccc(C(=O)OCc2ccccc2Cl)c1. The van der Waals surface area contributed by atoms with Gasteiger partial charge in [-0.1, -0.05) is 35.9 Å². The summed E-state index contributed by atoms with van der Waals surface area (Å²) >= 11 is 6.03. The normalized spacial score (nSPS) is 11.8. The molecule has 2 aromatic carbocycles. The van der Waals surface area contributed by atoms with Crippen LogP contribution in [0.15, 0.2) is 53.4 Å². The van der Waals surface area contributed by atoms with Crippen LogP contribution < -0.4 is 0 Å². The standard InChI is InChI=1S/C18H20ClNO4S/c1-13(2)20(3)25(22,23)16-9-6-8-14(11-16)18(21)24-12-15-7-4-5-10-17(15)19/h4-11,13H,12H2,1-3H3. The average Bonchev–Trinajstić information content (AvgIpc) is 2.60. The van der Waals surface area contributed by atoms with Gasteiger partial charge in [0.2, 0.25) is 10.0 Å². The number of rotatable bonds is 6. The maximum atomic E-state index is 12.5. The van der Waals surface area contributed by atoms with E-state index in [1.54, 1.807) is 38.1 Å². The first-order chi connectivity index (χ1) is 11.7. The van der Waals surface area contributed by atoms with Gasteiger partial charge in [0.1, 0.15) is 6.61 Å². The Hall–Kier alpha value is -1.89. The monoisotopic (exact) mass is 381 g/mol. The lowest BCUT2D eigenvalue weighted by molar-refractivity contribution is 0.0472. The molecule has 0 bridgehead atoms. The van der Waals surface area contributed by atoms with E-state index in [9.17, 15) is 13.2 Å². The van der Waals surface area contributed by atoms with Gasteiger partial charge in [-0.25, -0.2) is 13.2 Å². The molecular weight excluding hydrogens is 362 g/mol. The fraction of sp³-hybridized carbons (Fsp3) is 0.278. The number of hydrogen-bond donors (Lipinski definition) is 0. The van der Waals surface area contributed by atoms with Crippen LogP contribution in [0.3, 0.4) is 0 Å². The predicted octanol–water partition coefficient (Wildman–Crippen LogP) is 3.73. The minimum absolute atomic E-state index is 0.0153. The van der Waals surface area contributed by atoms with Gasteiger partial charge >= 0.3 is 5.97 Å². The highest BCUT2D eigenvalue weighted by atomic mass is 35.5. The molecule has 0 saturated carbocycles. The number of carbonyl (C=O) groups is 1. The molecule has 0 unspecified atom stereocenters. The first-order valence-electron chi connectivity index (χ1n) is 7.72. The summed E-state index contributed by atoms with van der Waals surface area (Å²) in [6.07, 6.45) is 0. The first-order valence-corrected chi connectivity index (χ1v) is 9.54. The zero-order chi connectivity index (χ0) is 18.6. The van der Waals surface area contributed by atoms with Crippen LogP contribution >= 0.6 is 11.6 Å². The fourth-order valence-corrected chi connectivity index (χ4v) is 3.67. The molecule has 0 saturated heterocycles. The first kappa shape index (κ1) is 19.4. The highest BCUT2D eigenvalue weighted by Crippen LogP contribution is 2.20. The lowest BCUT2D eigenvalue weighted by atomic mass is 10.2. The Morgan fingerprint density at radius 2 is 1.84 bits per heavy atom. The summed E-state index contributed by atoms with van der Waals surface area (Å²) in [4.78, 5) is 12.3. The summed E-state index contributed by atoms with van der Waals surface area (Å²) in [5, 5.41) is 0.505. The van der Waals surface area contributed by atoms with Gasteiger partial charge in [0, 0.05) is 23.7 Å². The van der Waals surface area contributed by atoms with E-state index < -0.39 is 16.0 Å². The zero-order valence-corrected chi connectivity index (χ0v) is 15.8. The third kappa shape index (κ3) is 4.60. The molecule has 0 aromatic heterocycles. The van der Waals surface area contributed by atoms with Crippen molar-refractivity contribution in [3.05, 3.63) is 64.7 Å². The van der Waals surface area contributed by atoms with Gasteiger partial charge in [-0.05, 0) is 38.1 Å². The van der Waals surface area contributed by atoms with Gasteiger partial charge < -0.3 is 4.74 Å². The molecule has 25 heavy (non-hydrogen) atoms. The molecule has 0 aliphatic carbocycles. The van der Waals surface area contributed by atoms with Crippen LogP contribution in [0, 0.1) is 0 Å². The fourth-order valence-electron chi connectivity index (χ4n) is 2.07. The maximum Gasteiger partial charge on any atom is 0.338 e. The van der Waals surface area contributed by atoms with Gasteiger partial charge in [0.25, 0.3) is 0 Å². The number of benzene rings is 2. The summed E-state index contributed by atoms with van der Waals surface area (Å²) in [7, 11) is -2.16. The molecule has 134 valence electrons. The van der Waals surface area contributed by atoms with Crippen LogP contribution in [-0.4, -0.2) is 31.8 Å². The third-order valence-electron chi connectivity index (χ3n) is 3.79. The van der Waals surface area contributed by atoms with Crippen LogP contribution in [0.1, 0.15) is 29.8 Å². The second-order valence-electron chi connectivity index (χ2n) is 5.81. The highest BCUT2D eigenvalue weighted by molar-refractivity contribution is 7.89. The Kier molecular flexibility index (Phi) is 6.21. The molecule has 0 spiro atoms. The molecule has 0 fully saturated rings. The maximum absolute atomic E-state index is 12.5.